The van der Waals surface area contributed by atoms with E-state index in [0.29, 0.717) is 51.6 Å². The zero-order valence-corrected chi connectivity index (χ0v) is 20.3. The number of aromatic hydroxyl groups is 1. The first-order valence-electron chi connectivity index (χ1n) is 11.8. The van der Waals surface area contributed by atoms with Crippen molar-refractivity contribution in [3.05, 3.63) is 47.3 Å². The molecule has 9 nitrogen and oxygen atoms in total. The van der Waals surface area contributed by atoms with Gasteiger partial charge in [-0.05, 0) is 24.6 Å². The minimum atomic E-state index is -0.704. The molecular formula is C25H26ClFN4O5. The summed E-state index contributed by atoms with van der Waals surface area (Å²) >= 11 is 6.73. The summed E-state index contributed by atoms with van der Waals surface area (Å²) in [6.07, 6.45) is 1.85. The summed E-state index contributed by atoms with van der Waals surface area (Å²) in [5, 5.41) is 10.4. The number of halogens is 2. The molecule has 0 aliphatic carbocycles. The number of nitrogens with zero attached hydrogens (tertiary/aromatic N) is 4. The maximum Gasteiger partial charge on any atom is 0.261 e. The van der Waals surface area contributed by atoms with Gasteiger partial charge in [-0.15, -0.1) is 0 Å². The van der Waals surface area contributed by atoms with Crippen LogP contribution in [-0.2, 0) is 9.53 Å². The molecule has 0 bridgehead atoms. The Bertz CT molecular complexity index is 1200. The first kappa shape index (κ1) is 24.3. The average molecular weight is 517 g/mol. The third-order valence-electron chi connectivity index (χ3n) is 6.69. The van der Waals surface area contributed by atoms with E-state index in [1.165, 1.54) is 24.3 Å². The van der Waals surface area contributed by atoms with Gasteiger partial charge in [0.05, 0.1) is 24.8 Å². The number of pyridine rings is 1. The van der Waals surface area contributed by atoms with Crippen molar-refractivity contribution in [2.75, 3.05) is 57.4 Å². The number of fused-ring (bicyclic) bond motifs is 2. The van der Waals surface area contributed by atoms with Crippen LogP contribution in [-0.4, -0.2) is 90.3 Å². The topological polar surface area (TPSA) is 95.4 Å². The number of morpholine rings is 1. The first-order valence-corrected chi connectivity index (χ1v) is 12.2. The Labute approximate surface area is 212 Å². The summed E-state index contributed by atoms with van der Waals surface area (Å²) in [6, 6.07) is 3.51. The Balaban J connectivity index is 1.66. The Hall–Kier alpha value is -3.37. The van der Waals surface area contributed by atoms with Crippen molar-refractivity contribution in [2.24, 2.45) is 0 Å². The number of phenols is 1. The fourth-order valence-corrected chi connectivity index (χ4v) is 5.18. The number of carbonyl (C=O) groups is 2. The summed E-state index contributed by atoms with van der Waals surface area (Å²) in [6.45, 7) is 6.63. The predicted molar refractivity (Wildman–Crippen MR) is 131 cm³/mol. The highest BCUT2D eigenvalue weighted by molar-refractivity contribution is 6.35. The van der Waals surface area contributed by atoms with E-state index in [9.17, 15) is 19.1 Å². The van der Waals surface area contributed by atoms with Gasteiger partial charge in [0.1, 0.15) is 40.3 Å². The lowest BCUT2D eigenvalue weighted by molar-refractivity contribution is -0.126. The van der Waals surface area contributed by atoms with Crippen LogP contribution in [0.1, 0.15) is 16.8 Å². The Kier molecular flexibility index (Phi) is 6.72. The molecule has 0 radical (unpaired) electrons. The van der Waals surface area contributed by atoms with Crippen molar-refractivity contribution in [3.8, 4) is 22.8 Å². The largest absolute Gasteiger partial charge is 0.507 e. The standard InChI is InChI=1S/C25H26ClFN4O5/c1-2-18(33)30-7-4-8-31-15(13-30)14-36-23-20(25(31)34)24(29-9-11-35-12-10-29)28-22(21(23)26)19-16(27)5-3-6-17(19)32/h2-3,5-6,15,32H,1,4,7-14H2/t15-/m1/s1. The fraction of sp³-hybridized carbons (Fsp3) is 0.400. The lowest BCUT2D eigenvalue weighted by Gasteiger charge is -2.32. The lowest BCUT2D eigenvalue weighted by Crippen LogP contribution is -2.47. The monoisotopic (exact) mass is 516 g/mol. The zero-order valence-electron chi connectivity index (χ0n) is 19.6. The summed E-state index contributed by atoms with van der Waals surface area (Å²) in [7, 11) is 0. The molecule has 1 aromatic carbocycles. The zero-order chi connectivity index (χ0) is 25.4. The van der Waals surface area contributed by atoms with Gasteiger partial charge < -0.3 is 29.3 Å². The van der Waals surface area contributed by atoms with Gasteiger partial charge in [0, 0.05) is 32.7 Å². The van der Waals surface area contributed by atoms with E-state index in [-0.39, 0.29) is 58.3 Å². The number of rotatable bonds is 3. The number of carbonyl (C=O) groups excluding carboxylic acids is 2. The molecule has 2 saturated heterocycles. The molecule has 1 aromatic heterocycles. The van der Waals surface area contributed by atoms with Gasteiger partial charge in [-0.1, -0.05) is 24.2 Å². The molecular weight excluding hydrogens is 491 g/mol. The Morgan fingerprint density at radius 3 is 2.72 bits per heavy atom. The predicted octanol–water partition coefficient (Wildman–Crippen LogP) is 2.70. The maximum absolute atomic E-state index is 14.9. The molecule has 4 heterocycles. The van der Waals surface area contributed by atoms with E-state index in [2.05, 4.69) is 11.6 Å². The molecule has 2 aromatic rings. The number of hydrogen-bond donors (Lipinski definition) is 1. The second-order valence-electron chi connectivity index (χ2n) is 8.84. The third kappa shape index (κ3) is 4.24. The minimum Gasteiger partial charge on any atom is -0.507 e. The highest BCUT2D eigenvalue weighted by Crippen LogP contribution is 2.46. The minimum absolute atomic E-state index is 0.0131. The van der Waals surface area contributed by atoms with E-state index in [0.717, 1.165) is 0 Å². The quantitative estimate of drug-likeness (QED) is 0.627. The van der Waals surface area contributed by atoms with Crippen molar-refractivity contribution in [1.82, 2.24) is 14.8 Å². The van der Waals surface area contributed by atoms with Crippen LogP contribution in [0.15, 0.2) is 30.9 Å². The van der Waals surface area contributed by atoms with Crippen molar-refractivity contribution in [2.45, 2.75) is 12.5 Å². The van der Waals surface area contributed by atoms with Crippen LogP contribution >= 0.6 is 11.6 Å². The van der Waals surface area contributed by atoms with Gasteiger partial charge in [0.15, 0.2) is 5.75 Å². The number of amides is 2. The molecule has 2 amide bonds. The molecule has 2 fully saturated rings. The van der Waals surface area contributed by atoms with Crippen LogP contribution in [0.3, 0.4) is 0 Å². The highest BCUT2D eigenvalue weighted by Gasteiger charge is 2.40. The van der Waals surface area contributed by atoms with Crippen LogP contribution < -0.4 is 9.64 Å². The van der Waals surface area contributed by atoms with Crippen LogP contribution in [0.5, 0.6) is 11.5 Å². The molecule has 0 saturated carbocycles. The molecule has 3 aliphatic rings. The molecule has 5 rings (SSSR count). The Morgan fingerprint density at radius 1 is 1.22 bits per heavy atom. The summed E-state index contributed by atoms with van der Waals surface area (Å²) < 4.78 is 26.5. The number of aromatic nitrogens is 1. The lowest BCUT2D eigenvalue weighted by atomic mass is 10.1. The van der Waals surface area contributed by atoms with Crippen molar-refractivity contribution < 1.29 is 28.6 Å². The fourth-order valence-electron chi connectivity index (χ4n) is 4.90. The molecule has 0 spiro atoms. The smallest absolute Gasteiger partial charge is 0.261 e. The van der Waals surface area contributed by atoms with Crippen LogP contribution in [0.25, 0.3) is 11.3 Å². The SMILES string of the molecule is C=CC(=O)N1CCCN2C(=O)c3c(N4CCOCC4)nc(-c4c(O)cccc4F)c(Cl)c3OC[C@H]2C1. The summed E-state index contributed by atoms with van der Waals surface area (Å²) in [5.74, 6) is -1.18. The number of anilines is 1. The van der Waals surface area contributed by atoms with Crippen LogP contribution in [0, 0.1) is 5.82 Å². The van der Waals surface area contributed by atoms with Gasteiger partial charge in [0.25, 0.3) is 5.91 Å². The molecule has 1 N–H and O–H groups in total. The average Bonchev–Trinajstić information content (AvgIpc) is 3.17. The number of ether oxygens (including phenoxy) is 2. The summed E-state index contributed by atoms with van der Waals surface area (Å²) in [5.41, 5.74) is 0.00530. The molecule has 3 aliphatic heterocycles. The Morgan fingerprint density at radius 2 is 2.00 bits per heavy atom. The molecule has 0 unspecified atom stereocenters. The van der Waals surface area contributed by atoms with Gasteiger partial charge in [0.2, 0.25) is 5.91 Å². The third-order valence-corrected chi connectivity index (χ3v) is 7.05. The van der Waals surface area contributed by atoms with E-state index in [4.69, 9.17) is 21.1 Å². The van der Waals surface area contributed by atoms with E-state index in [1.54, 1.807) is 9.80 Å². The first-order chi connectivity index (χ1) is 17.4. The molecule has 1 atom stereocenters. The van der Waals surface area contributed by atoms with Crippen LogP contribution in [0.4, 0.5) is 10.2 Å². The van der Waals surface area contributed by atoms with Crippen molar-refractivity contribution in [3.63, 3.8) is 0 Å². The normalized spacial score (nSPS) is 20.1. The van der Waals surface area contributed by atoms with Crippen LogP contribution in [0.2, 0.25) is 5.02 Å². The highest BCUT2D eigenvalue weighted by atomic mass is 35.5. The van der Waals surface area contributed by atoms with Gasteiger partial charge in [-0.25, -0.2) is 9.37 Å². The molecule has 36 heavy (non-hydrogen) atoms. The van der Waals surface area contributed by atoms with E-state index in [1.807, 2.05) is 4.90 Å². The van der Waals surface area contributed by atoms with E-state index >= 15 is 0 Å². The summed E-state index contributed by atoms with van der Waals surface area (Å²) in [4.78, 5) is 36.2. The van der Waals surface area contributed by atoms with Crippen molar-refractivity contribution in [1.29, 1.82) is 0 Å². The second kappa shape index (κ2) is 9.94. The van der Waals surface area contributed by atoms with Gasteiger partial charge in [-0.2, -0.15) is 0 Å². The molecule has 11 heteroatoms. The second-order valence-corrected chi connectivity index (χ2v) is 9.22. The van der Waals surface area contributed by atoms with Crippen molar-refractivity contribution >= 4 is 29.2 Å². The van der Waals surface area contributed by atoms with Gasteiger partial charge in [-0.3, -0.25) is 9.59 Å². The van der Waals surface area contributed by atoms with E-state index < -0.39 is 11.9 Å². The number of benzene rings is 1. The van der Waals surface area contributed by atoms with Gasteiger partial charge >= 0.3 is 0 Å². The number of phenolic OH excluding ortho intramolecular Hbond substituents is 1. The maximum atomic E-state index is 14.9. The molecule has 190 valence electrons. The number of hydrogen-bond acceptors (Lipinski definition) is 7.